The summed E-state index contributed by atoms with van der Waals surface area (Å²) in [5.41, 5.74) is -1.19. The number of aryl methyl sites for hydroxylation is 1. The molecule has 1 fully saturated rings. The van der Waals surface area contributed by atoms with Crippen LogP contribution in [0.1, 0.15) is 50.2 Å². The standard InChI is InChI=1S/C21H21F5/c1-3-4-13-9-17(22)19(18(23)10-13)15-7-5-14(6-8-15)16-11-20(2,24)21(25,26)12-16/h5-10,16H,3-4,11-12H2,1-2H3. The lowest BCUT2D eigenvalue weighted by Crippen LogP contribution is -2.35. The Hall–Kier alpha value is -1.91. The van der Waals surface area contributed by atoms with Crippen LogP contribution in [0.5, 0.6) is 0 Å². The second-order valence-electron chi connectivity index (χ2n) is 7.31. The summed E-state index contributed by atoms with van der Waals surface area (Å²) in [6, 6.07) is 8.75. The molecule has 2 atom stereocenters. The number of hydrogen-bond acceptors (Lipinski definition) is 0. The molecule has 140 valence electrons. The summed E-state index contributed by atoms with van der Waals surface area (Å²) in [5.74, 6) is -5.28. The van der Waals surface area contributed by atoms with Crippen LogP contribution in [-0.2, 0) is 6.42 Å². The van der Waals surface area contributed by atoms with Gasteiger partial charge in [0.15, 0.2) is 5.67 Å². The number of alkyl halides is 3. The minimum Gasteiger partial charge on any atom is -0.238 e. The fourth-order valence-corrected chi connectivity index (χ4v) is 3.70. The molecule has 0 saturated heterocycles. The van der Waals surface area contributed by atoms with Crippen LogP contribution in [0.4, 0.5) is 22.0 Å². The first-order valence-electron chi connectivity index (χ1n) is 8.79. The zero-order chi connectivity index (χ0) is 19.1. The van der Waals surface area contributed by atoms with Crippen LogP contribution >= 0.6 is 0 Å². The smallest absolute Gasteiger partial charge is 0.238 e. The average molecular weight is 368 g/mol. The summed E-state index contributed by atoms with van der Waals surface area (Å²) in [7, 11) is 0. The van der Waals surface area contributed by atoms with E-state index in [1.165, 1.54) is 24.3 Å². The van der Waals surface area contributed by atoms with Crippen molar-refractivity contribution >= 4 is 0 Å². The zero-order valence-electron chi connectivity index (χ0n) is 14.8. The zero-order valence-corrected chi connectivity index (χ0v) is 14.8. The summed E-state index contributed by atoms with van der Waals surface area (Å²) in [4.78, 5) is 0. The molecule has 1 saturated carbocycles. The van der Waals surface area contributed by atoms with Crippen LogP contribution < -0.4 is 0 Å². The van der Waals surface area contributed by atoms with Crippen LogP contribution in [0.15, 0.2) is 36.4 Å². The molecule has 0 amide bonds. The molecule has 1 aliphatic rings. The molecule has 0 bridgehead atoms. The molecule has 0 radical (unpaired) electrons. The highest BCUT2D eigenvalue weighted by molar-refractivity contribution is 5.65. The largest absolute Gasteiger partial charge is 0.281 e. The third kappa shape index (κ3) is 3.36. The van der Waals surface area contributed by atoms with E-state index in [1.54, 1.807) is 12.1 Å². The fourth-order valence-electron chi connectivity index (χ4n) is 3.70. The van der Waals surface area contributed by atoms with Crippen LogP contribution in [0.3, 0.4) is 0 Å². The molecule has 5 heteroatoms. The number of benzene rings is 2. The second-order valence-corrected chi connectivity index (χ2v) is 7.31. The quantitative estimate of drug-likeness (QED) is 0.519. The molecular formula is C21H21F5. The molecule has 3 rings (SSSR count). The Labute approximate surface area is 150 Å². The lowest BCUT2D eigenvalue weighted by atomic mass is 9.93. The average Bonchev–Trinajstić information content (AvgIpc) is 2.76. The highest BCUT2D eigenvalue weighted by Crippen LogP contribution is 2.52. The monoisotopic (exact) mass is 368 g/mol. The Kier molecular flexibility index (Phi) is 4.84. The Morgan fingerprint density at radius 2 is 1.54 bits per heavy atom. The highest BCUT2D eigenvalue weighted by atomic mass is 19.3. The topological polar surface area (TPSA) is 0 Å². The van der Waals surface area contributed by atoms with Gasteiger partial charge in [0, 0.05) is 6.42 Å². The third-order valence-electron chi connectivity index (χ3n) is 5.21. The van der Waals surface area contributed by atoms with Crippen LogP contribution in [-0.4, -0.2) is 11.6 Å². The predicted molar refractivity (Wildman–Crippen MR) is 92.2 cm³/mol. The fraction of sp³-hybridized carbons (Fsp3) is 0.429. The first kappa shape index (κ1) is 18.9. The lowest BCUT2D eigenvalue weighted by molar-refractivity contribution is -0.105. The molecule has 26 heavy (non-hydrogen) atoms. The number of hydrogen-bond donors (Lipinski definition) is 0. The molecule has 1 aliphatic carbocycles. The van der Waals surface area contributed by atoms with Gasteiger partial charge in [0.2, 0.25) is 0 Å². The van der Waals surface area contributed by atoms with Crippen molar-refractivity contribution in [3.05, 3.63) is 59.2 Å². The van der Waals surface area contributed by atoms with Crippen molar-refractivity contribution in [1.82, 2.24) is 0 Å². The van der Waals surface area contributed by atoms with Gasteiger partial charge in [-0.2, -0.15) is 0 Å². The van der Waals surface area contributed by atoms with Crippen molar-refractivity contribution in [2.45, 2.75) is 57.0 Å². The van der Waals surface area contributed by atoms with Crippen LogP contribution in [0, 0.1) is 11.6 Å². The van der Waals surface area contributed by atoms with E-state index in [9.17, 15) is 22.0 Å². The van der Waals surface area contributed by atoms with Gasteiger partial charge in [0.1, 0.15) is 11.6 Å². The second kappa shape index (κ2) is 6.67. The summed E-state index contributed by atoms with van der Waals surface area (Å²) in [5, 5.41) is 0. The molecule has 0 heterocycles. The molecule has 0 nitrogen and oxygen atoms in total. The highest BCUT2D eigenvalue weighted by Gasteiger charge is 2.58. The van der Waals surface area contributed by atoms with E-state index in [2.05, 4.69) is 0 Å². The normalized spacial score (nSPS) is 24.8. The van der Waals surface area contributed by atoms with Crippen molar-refractivity contribution < 1.29 is 22.0 Å². The minimum atomic E-state index is -3.37. The SMILES string of the molecule is CCCc1cc(F)c(-c2ccc(C3CC(C)(F)C(F)(F)C3)cc2)c(F)c1. The summed E-state index contributed by atoms with van der Waals surface area (Å²) in [6.45, 7) is 2.85. The number of halogens is 5. The Morgan fingerprint density at radius 1 is 0.962 bits per heavy atom. The maximum absolute atomic E-state index is 14.3. The van der Waals surface area contributed by atoms with E-state index in [4.69, 9.17) is 0 Å². The molecule has 2 unspecified atom stereocenters. The predicted octanol–water partition coefficient (Wildman–Crippen LogP) is 6.83. The van der Waals surface area contributed by atoms with E-state index in [0.29, 0.717) is 23.1 Å². The maximum atomic E-state index is 14.3. The van der Waals surface area contributed by atoms with Crippen molar-refractivity contribution in [2.75, 3.05) is 0 Å². The molecule has 2 aromatic carbocycles. The van der Waals surface area contributed by atoms with Crippen molar-refractivity contribution in [3.63, 3.8) is 0 Å². The summed E-state index contributed by atoms with van der Waals surface area (Å²) in [6.07, 6.45) is 0.541. The van der Waals surface area contributed by atoms with Gasteiger partial charge in [0.05, 0.1) is 5.56 Å². The molecular weight excluding hydrogens is 347 g/mol. The summed E-state index contributed by atoms with van der Waals surface area (Å²) >= 11 is 0. The van der Waals surface area contributed by atoms with Crippen LogP contribution in [0.25, 0.3) is 11.1 Å². The Bertz CT molecular complexity index is 754. The van der Waals surface area contributed by atoms with Crippen LogP contribution in [0.2, 0.25) is 0 Å². The van der Waals surface area contributed by atoms with Crippen molar-refractivity contribution in [1.29, 1.82) is 0 Å². The molecule has 2 aromatic rings. The first-order valence-corrected chi connectivity index (χ1v) is 8.79. The van der Waals surface area contributed by atoms with Gasteiger partial charge in [-0.25, -0.2) is 22.0 Å². The Morgan fingerprint density at radius 3 is 2.00 bits per heavy atom. The van der Waals surface area contributed by atoms with E-state index < -0.39 is 35.6 Å². The molecule has 0 aromatic heterocycles. The third-order valence-corrected chi connectivity index (χ3v) is 5.21. The van der Waals surface area contributed by atoms with E-state index in [1.807, 2.05) is 6.92 Å². The Balaban J connectivity index is 1.87. The minimum absolute atomic E-state index is 0.136. The van der Waals surface area contributed by atoms with Gasteiger partial charge >= 0.3 is 0 Å². The van der Waals surface area contributed by atoms with Gasteiger partial charge in [-0.15, -0.1) is 0 Å². The van der Waals surface area contributed by atoms with Gasteiger partial charge in [-0.05, 0) is 54.5 Å². The lowest BCUT2D eigenvalue weighted by Gasteiger charge is -2.21. The maximum Gasteiger partial charge on any atom is 0.281 e. The van der Waals surface area contributed by atoms with Gasteiger partial charge in [-0.1, -0.05) is 37.6 Å². The van der Waals surface area contributed by atoms with E-state index >= 15 is 0 Å². The van der Waals surface area contributed by atoms with E-state index in [0.717, 1.165) is 13.3 Å². The van der Waals surface area contributed by atoms with E-state index in [-0.39, 0.29) is 12.0 Å². The van der Waals surface area contributed by atoms with Crippen molar-refractivity contribution in [3.8, 4) is 11.1 Å². The van der Waals surface area contributed by atoms with Gasteiger partial charge in [0.25, 0.3) is 5.92 Å². The first-order chi connectivity index (χ1) is 12.1. The molecule has 0 N–H and O–H groups in total. The van der Waals surface area contributed by atoms with Gasteiger partial charge in [-0.3, -0.25) is 0 Å². The molecule has 0 aliphatic heterocycles. The molecule has 0 spiro atoms. The van der Waals surface area contributed by atoms with Crippen molar-refractivity contribution in [2.24, 2.45) is 0 Å². The summed E-state index contributed by atoms with van der Waals surface area (Å²) < 4.78 is 70.2. The number of rotatable bonds is 4. The van der Waals surface area contributed by atoms with Gasteiger partial charge < -0.3 is 0 Å².